The predicted octanol–water partition coefficient (Wildman–Crippen LogP) is 3.31. The average Bonchev–Trinajstić information content (AvgIpc) is 2.88. The molecule has 9 heteroatoms. The van der Waals surface area contributed by atoms with Crippen molar-refractivity contribution < 1.29 is 22.8 Å². The summed E-state index contributed by atoms with van der Waals surface area (Å²) in [6.07, 6.45) is 1.52. The predicted molar refractivity (Wildman–Crippen MR) is 130 cm³/mol. The van der Waals surface area contributed by atoms with Gasteiger partial charge in [-0.1, -0.05) is 66.7 Å². The number of anilines is 1. The molecule has 2 heterocycles. The fourth-order valence-electron chi connectivity index (χ4n) is 4.16. The minimum Gasteiger partial charge on any atom is -0.309 e. The van der Waals surface area contributed by atoms with Crippen LogP contribution in [0, 0.1) is 0 Å². The second kappa shape index (κ2) is 8.86. The molecule has 35 heavy (non-hydrogen) atoms. The summed E-state index contributed by atoms with van der Waals surface area (Å²) in [7, 11) is -4.34. The normalized spacial score (nSPS) is 17.0. The van der Waals surface area contributed by atoms with Gasteiger partial charge in [-0.05, 0) is 23.6 Å². The minimum atomic E-state index is -4.34. The molecule has 4 aromatic rings. The van der Waals surface area contributed by atoms with Gasteiger partial charge in [-0.2, -0.15) is 4.31 Å². The summed E-state index contributed by atoms with van der Waals surface area (Å²) >= 11 is 0. The quantitative estimate of drug-likeness (QED) is 0.343. The van der Waals surface area contributed by atoms with Crippen molar-refractivity contribution in [3.05, 3.63) is 102 Å². The molecule has 1 aliphatic heterocycles. The molecular formula is C26H19N3O5S. The molecule has 0 saturated carbocycles. The largest absolute Gasteiger partial charge is 0.309 e. The smallest absolute Gasteiger partial charge is 0.245 e. The molecule has 174 valence electrons. The molecule has 1 N–H and O–H groups in total. The van der Waals surface area contributed by atoms with Gasteiger partial charge in [0.15, 0.2) is 17.6 Å². The molecular weight excluding hydrogens is 466 g/mol. The molecule has 3 aromatic carbocycles. The van der Waals surface area contributed by atoms with E-state index >= 15 is 0 Å². The lowest BCUT2D eigenvalue weighted by molar-refractivity contribution is -0.116. The third-order valence-electron chi connectivity index (χ3n) is 5.81. The van der Waals surface area contributed by atoms with Crippen LogP contribution in [0.2, 0.25) is 0 Å². The number of hydrogen-bond donors (Lipinski definition) is 1. The molecule has 5 rings (SSSR count). The first-order valence-corrected chi connectivity index (χ1v) is 12.2. The Labute approximate surface area is 201 Å². The lowest BCUT2D eigenvalue weighted by Crippen LogP contribution is -2.55. The van der Waals surface area contributed by atoms with Gasteiger partial charge < -0.3 is 5.32 Å². The summed E-state index contributed by atoms with van der Waals surface area (Å²) in [4.78, 5) is 43.7. The van der Waals surface area contributed by atoms with Crippen LogP contribution in [-0.4, -0.2) is 47.8 Å². The number of nitrogens with one attached hydrogen (secondary N) is 1. The molecule has 0 aliphatic carbocycles. The van der Waals surface area contributed by atoms with Crippen molar-refractivity contribution in [1.29, 1.82) is 0 Å². The number of fused-ring (bicyclic) bond motifs is 2. The maximum Gasteiger partial charge on any atom is 0.245 e. The highest BCUT2D eigenvalue weighted by molar-refractivity contribution is 7.89. The number of sulfonamides is 1. The van der Waals surface area contributed by atoms with E-state index in [9.17, 15) is 22.8 Å². The molecule has 1 aliphatic rings. The van der Waals surface area contributed by atoms with Gasteiger partial charge >= 0.3 is 0 Å². The summed E-state index contributed by atoms with van der Waals surface area (Å²) in [5.74, 6) is -1.86. The number of carbonyl (C=O) groups is 3. The Morgan fingerprint density at radius 1 is 0.886 bits per heavy atom. The van der Waals surface area contributed by atoms with Gasteiger partial charge in [-0.15, -0.1) is 0 Å². The highest BCUT2D eigenvalue weighted by Gasteiger charge is 2.48. The van der Waals surface area contributed by atoms with E-state index < -0.39 is 40.1 Å². The molecule has 0 spiro atoms. The van der Waals surface area contributed by atoms with Crippen LogP contribution in [0.15, 0.2) is 96.0 Å². The molecule has 0 saturated heterocycles. The van der Waals surface area contributed by atoms with E-state index in [0.29, 0.717) is 9.69 Å². The van der Waals surface area contributed by atoms with Crippen molar-refractivity contribution in [3.8, 4) is 0 Å². The number of rotatable bonds is 5. The van der Waals surface area contributed by atoms with E-state index in [2.05, 4.69) is 10.3 Å². The molecule has 8 nitrogen and oxygen atoms in total. The average molecular weight is 486 g/mol. The first kappa shape index (κ1) is 22.6. The van der Waals surface area contributed by atoms with Gasteiger partial charge in [0.2, 0.25) is 15.9 Å². The Morgan fingerprint density at radius 3 is 2.37 bits per heavy atom. The standard InChI is InChI=1S/C26H19N3O5S/c30-22(28-26-19-11-5-4-8-17(19)14-15-27-26)16-29-23(24(31)18-9-2-1-3-10-18)25(32)20-12-6-7-13-21(20)35(29,33)34/h1-15,23H,16H2,(H,27,28,30). The van der Waals surface area contributed by atoms with Crippen molar-refractivity contribution in [2.75, 3.05) is 11.9 Å². The summed E-state index contributed by atoms with van der Waals surface area (Å²) in [5, 5.41) is 4.14. The van der Waals surface area contributed by atoms with Gasteiger partial charge in [0.1, 0.15) is 5.82 Å². The van der Waals surface area contributed by atoms with Crippen LogP contribution in [0.25, 0.3) is 10.8 Å². The second-order valence-corrected chi connectivity index (χ2v) is 9.83. The first-order valence-electron chi connectivity index (χ1n) is 10.8. The number of Topliss-reactive ketones (excluding diaryl/α,β-unsaturated/α-hetero) is 2. The molecule has 0 bridgehead atoms. The van der Waals surface area contributed by atoms with Gasteiger partial charge in [0.25, 0.3) is 0 Å². The molecule has 1 aromatic heterocycles. The summed E-state index contributed by atoms with van der Waals surface area (Å²) in [5.41, 5.74) is 0.0933. The van der Waals surface area contributed by atoms with Crippen LogP contribution in [0.5, 0.6) is 0 Å². The van der Waals surface area contributed by atoms with Crippen molar-refractivity contribution >= 4 is 44.1 Å². The Balaban J connectivity index is 1.54. The third-order valence-corrected chi connectivity index (χ3v) is 7.68. The Morgan fingerprint density at radius 2 is 1.57 bits per heavy atom. The van der Waals surface area contributed by atoms with Crippen LogP contribution >= 0.6 is 0 Å². The van der Waals surface area contributed by atoms with E-state index in [4.69, 9.17) is 0 Å². The monoisotopic (exact) mass is 485 g/mol. The van der Waals surface area contributed by atoms with E-state index in [-0.39, 0.29) is 21.8 Å². The number of nitrogens with zero attached hydrogens (tertiary/aromatic N) is 2. The van der Waals surface area contributed by atoms with Crippen LogP contribution in [0.3, 0.4) is 0 Å². The zero-order chi connectivity index (χ0) is 24.6. The Bertz CT molecular complexity index is 1580. The Hall–Kier alpha value is -4.21. The van der Waals surface area contributed by atoms with Crippen molar-refractivity contribution in [2.45, 2.75) is 10.9 Å². The van der Waals surface area contributed by atoms with E-state index in [1.165, 1.54) is 42.6 Å². The summed E-state index contributed by atoms with van der Waals surface area (Å²) < 4.78 is 27.7. The molecule has 0 radical (unpaired) electrons. The van der Waals surface area contributed by atoms with Gasteiger partial charge in [-0.3, -0.25) is 14.4 Å². The van der Waals surface area contributed by atoms with Gasteiger partial charge in [0.05, 0.1) is 11.4 Å². The molecule has 1 unspecified atom stereocenters. The van der Waals surface area contributed by atoms with Crippen LogP contribution in [0.4, 0.5) is 5.82 Å². The second-order valence-electron chi connectivity index (χ2n) is 7.97. The molecule has 1 atom stereocenters. The van der Waals surface area contributed by atoms with E-state index in [1.807, 2.05) is 12.1 Å². The maximum atomic E-state index is 13.5. The number of carbonyl (C=O) groups excluding carboxylic acids is 3. The van der Waals surface area contributed by atoms with Gasteiger partial charge in [0, 0.05) is 22.7 Å². The topological polar surface area (TPSA) is 114 Å². The Kier molecular flexibility index (Phi) is 5.72. The summed E-state index contributed by atoms with van der Waals surface area (Å²) in [6.45, 7) is -0.740. The fourth-order valence-corrected chi connectivity index (χ4v) is 5.86. The fraction of sp³-hybridized carbons (Fsp3) is 0.0769. The lowest BCUT2D eigenvalue weighted by atomic mass is 9.96. The maximum absolute atomic E-state index is 13.5. The van der Waals surface area contributed by atoms with Crippen LogP contribution in [0.1, 0.15) is 20.7 Å². The number of amides is 1. The number of aromatic nitrogens is 1. The van der Waals surface area contributed by atoms with E-state index in [0.717, 1.165) is 5.39 Å². The van der Waals surface area contributed by atoms with Crippen molar-refractivity contribution in [2.24, 2.45) is 0 Å². The SMILES string of the molecule is O=C(CN1C(C(=O)c2ccccc2)C(=O)c2ccccc2S1(=O)=O)Nc1nccc2ccccc12. The molecule has 0 fully saturated rings. The number of hydrogen-bond acceptors (Lipinski definition) is 6. The number of benzene rings is 3. The van der Waals surface area contributed by atoms with Crippen LogP contribution < -0.4 is 5.32 Å². The third kappa shape index (κ3) is 4.01. The van der Waals surface area contributed by atoms with Gasteiger partial charge in [-0.25, -0.2) is 13.4 Å². The zero-order valence-corrected chi connectivity index (χ0v) is 19.1. The highest BCUT2D eigenvalue weighted by Crippen LogP contribution is 2.31. The summed E-state index contributed by atoms with van der Waals surface area (Å²) in [6, 6.07) is 21.0. The highest BCUT2D eigenvalue weighted by atomic mass is 32.2. The van der Waals surface area contributed by atoms with Crippen LogP contribution in [-0.2, 0) is 14.8 Å². The number of pyridine rings is 1. The first-order chi connectivity index (χ1) is 16.9. The van der Waals surface area contributed by atoms with Crippen molar-refractivity contribution in [1.82, 2.24) is 9.29 Å². The zero-order valence-electron chi connectivity index (χ0n) is 18.3. The lowest BCUT2D eigenvalue weighted by Gasteiger charge is -2.33. The van der Waals surface area contributed by atoms with Crippen molar-refractivity contribution in [3.63, 3.8) is 0 Å². The minimum absolute atomic E-state index is 0.0749. The van der Waals surface area contributed by atoms with E-state index in [1.54, 1.807) is 36.4 Å². The molecule has 1 amide bonds. The number of ketones is 2.